The van der Waals surface area contributed by atoms with Crippen molar-refractivity contribution < 1.29 is 35.9 Å². The van der Waals surface area contributed by atoms with Gasteiger partial charge in [0, 0.05) is 18.3 Å². The lowest BCUT2D eigenvalue weighted by molar-refractivity contribution is -0.145. The van der Waals surface area contributed by atoms with Gasteiger partial charge in [0.1, 0.15) is 0 Å². The Morgan fingerprint density at radius 1 is 0.976 bits per heavy atom. The molecule has 2 aromatic rings. The molecule has 1 aliphatic carbocycles. The van der Waals surface area contributed by atoms with Gasteiger partial charge in [0.15, 0.2) is 0 Å². The highest BCUT2D eigenvalue weighted by molar-refractivity contribution is 5.73. The first-order chi connectivity index (χ1) is 19.3. The first-order valence-corrected chi connectivity index (χ1v) is 14.3. The molecule has 2 heterocycles. The van der Waals surface area contributed by atoms with Crippen molar-refractivity contribution in [1.29, 1.82) is 0 Å². The molecule has 2 fully saturated rings. The summed E-state index contributed by atoms with van der Waals surface area (Å²) in [4.78, 5) is 14.2. The van der Waals surface area contributed by atoms with Crippen molar-refractivity contribution in [1.82, 2.24) is 4.90 Å². The SMILES string of the molecule is COC(=O)[C@@H](C)[C@H](c1ccc2c(c1)N[C@@H](C1CCN(Cc3cc(C(F)(F)F)ccc3C(F)(F)F)CC1)CC2)C1CC1. The highest BCUT2D eigenvalue weighted by Crippen LogP contribution is 2.48. The molecular weight excluding hydrogens is 546 g/mol. The molecule has 0 amide bonds. The lowest BCUT2D eigenvalue weighted by Crippen LogP contribution is -2.41. The minimum atomic E-state index is -4.72. The largest absolute Gasteiger partial charge is 0.469 e. The smallest absolute Gasteiger partial charge is 0.416 e. The topological polar surface area (TPSA) is 41.6 Å². The molecule has 10 heteroatoms. The number of ether oxygens (including phenoxy) is 1. The van der Waals surface area contributed by atoms with Crippen LogP contribution in [0.15, 0.2) is 36.4 Å². The molecule has 2 aliphatic heterocycles. The highest BCUT2D eigenvalue weighted by atomic mass is 19.4. The summed E-state index contributed by atoms with van der Waals surface area (Å²) in [5.41, 5.74) is 1.02. The van der Waals surface area contributed by atoms with Crippen LogP contribution in [0.1, 0.15) is 72.8 Å². The summed E-state index contributed by atoms with van der Waals surface area (Å²) in [7, 11) is 1.42. The van der Waals surface area contributed by atoms with Crippen molar-refractivity contribution in [3.05, 3.63) is 64.2 Å². The number of hydrogen-bond acceptors (Lipinski definition) is 4. The Hall–Kier alpha value is -2.75. The predicted octanol–water partition coefficient (Wildman–Crippen LogP) is 7.67. The number of nitrogens with zero attached hydrogens (tertiary/aromatic N) is 1. The van der Waals surface area contributed by atoms with Gasteiger partial charge in [-0.05, 0) is 110 Å². The Bertz CT molecular complexity index is 1250. The van der Waals surface area contributed by atoms with Gasteiger partial charge in [-0.1, -0.05) is 19.1 Å². The quantitative estimate of drug-likeness (QED) is 0.269. The Balaban J connectivity index is 1.24. The molecule has 2 aromatic carbocycles. The molecule has 5 rings (SSSR count). The second kappa shape index (κ2) is 11.5. The maximum atomic E-state index is 13.6. The van der Waals surface area contributed by atoms with Crippen molar-refractivity contribution in [3.63, 3.8) is 0 Å². The molecule has 1 saturated carbocycles. The lowest BCUT2D eigenvalue weighted by Gasteiger charge is -2.39. The van der Waals surface area contributed by atoms with Crippen LogP contribution < -0.4 is 5.32 Å². The average molecular weight is 583 g/mol. The van der Waals surface area contributed by atoms with Crippen molar-refractivity contribution in [2.24, 2.45) is 17.8 Å². The molecule has 3 atom stereocenters. The van der Waals surface area contributed by atoms with Crippen molar-refractivity contribution in [2.75, 3.05) is 25.5 Å². The number of nitrogens with one attached hydrogen (secondary N) is 1. The van der Waals surface area contributed by atoms with E-state index in [1.165, 1.54) is 12.7 Å². The fraction of sp³-hybridized carbons (Fsp3) is 0.581. The van der Waals surface area contributed by atoms with Crippen LogP contribution in [-0.2, 0) is 34.8 Å². The van der Waals surface area contributed by atoms with Gasteiger partial charge < -0.3 is 10.1 Å². The normalized spacial score (nSPS) is 22.0. The molecule has 224 valence electrons. The molecule has 0 radical (unpaired) electrons. The summed E-state index contributed by atoms with van der Waals surface area (Å²) in [5, 5.41) is 3.71. The minimum Gasteiger partial charge on any atom is -0.469 e. The second-order valence-electron chi connectivity index (χ2n) is 11.9. The highest BCUT2D eigenvalue weighted by Gasteiger charge is 2.40. The van der Waals surface area contributed by atoms with E-state index in [4.69, 9.17) is 4.74 Å². The van der Waals surface area contributed by atoms with Crippen LogP contribution in [0.2, 0.25) is 0 Å². The molecule has 1 N–H and O–H groups in total. The number of fused-ring (bicyclic) bond motifs is 1. The third-order valence-corrected chi connectivity index (χ3v) is 9.16. The summed E-state index contributed by atoms with van der Waals surface area (Å²) in [6.07, 6.45) is -3.88. The molecule has 1 saturated heterocycles. The number of anilines is 1. The van der Waals surface area contributed by atoms with E-state index in [1.54, 1.807) is 0 Å². The molecule has 0 spiro atoms. The summed E-state index contributed by atoms with van der Waals surface area (Å²) in [6, 6.07) is 8.33. The Morgan fingerprint density at radius 3 is 2.29 bits per heavy atom. The van der Waals surface area contributed by atoms with Gasteiger partial charge in [0.05, 0.1) is 24.2 Å². The third-order valence-electron chi connectivity index (χ3n) is 9.16. The molecule has 3 aliphatic rings. The number of rotatable bonds is 7. The average Bonchev–Trinajstić information content (AvgIpc) is 3.77. The van der Waals surface area contributed by atoms with Crippen LogP contribution in [-0.4, -0.2) is 37.1 Å². The summed E-state index contributed by atoms with van der Waals surface area (Å²) in [6.45, 7) is 2.79. The van der Waals surface area contributed by atoms with Crippen LogP contribution in [0, 0.1) is 17.8 Å². The summed E-state index contributed by atoms with van der Waals surface area (Å²) >= 11 is 0. The fourth-order valence-electron chi connectivity index (χ4n) is 6.78. The van der Waals surface area contributed by atoms with Gasteiger partial charge >= 0.3 is 18.3 Å². The number of carbonyl (C=O) groups is 1. The molecule has 0 bridgehead atoms. The Morgan fingerprint density at radius 2 is 1.68 bits per heavy atom. The lowest BCUT2D eigenvalue weighted by atomic mass is 9.80. The summed E-state index contributed by atoms with van der Waals surface area (Å²) in [5.74, 6) is 0.449. The number of esters is 1. The van der Waals surface area contributed by atoms with Crippen molar-refractivity contribution in [3.8, 4) is 0 Å². The van der Waals surface area contributed by atoms with E-state index < -0.39 is 23.5 Å². The van der Waals surface area contributed by atoms with E-state index in [0.717, 1.165) is 49.8 Å². The molecular formula is C31H36F6N2O2. The monoisotopic (exact) mass is 582 g/mol. The van der Waals surface area contributed by atoms with Crippen LogP contribution in [0.25, 0.3) is 0 Å². The van der Waals surface area contributed by atoms with Crippen LogP contribution in [0.3, 0.4) is 0 Å². The number of halogens is 6. The zero-order chi connectivity index (χ0) is 29.5. The molecule has 41 heavy (non-hydrogen) atoms. The fourth-order valence-corrected chi connectivity index (χ4v) is 6.78. The minimum absolute atomic E-state index is 0.107. The standard InChI is InChI=1S/C31H36F6N2O2/c1-18(29(40)41-2)28(21-4-5-21)22-6-3-19-7-10-26(38-27(19)16-22)20-11-13-39(14-12-20)17-23-15-24(30(32,33)34)8-9-25(23)31(35,36)37/h3,6,8-9,15-16,18,20-21,26,28,38H,4-5,7,10-14,17H2,1-2H3/t18-,26+,28-/m0/s1. The van der Waals surface area contributed by atoms with Gasteiger partial charge in [-0.25, -0.2) is 0 Å². The van der Waals surface area contributed by atoms with Crippen molar-refractivity contribution >= 4 is 11.7 Å². The third kappa shape index (κ3) is 6.68. The van der Waals surface area contributed by atoms with Gasteiger partial charge in [-0.15, -0.1) is 0 Å². The second-order valence-corrected chi connectivity index (χ2v) is 11.9. The van der Waals surface area contributed by atoms with E-state index in [1.807, 2.05) is 11.8 Å². The van der Waals surface area contributed by atoms with E-state index in [9.17, 15) is 31.1 Å². The number of methoxy groups -OCH3 is 1. The molecule has 0 aromatic heterocycles. The maximum absolute atomic E-state index is 13.6. The van der Waals surface area contributed by atoms with Crippen LogP contribution >= 0.6 is 0 Å². The van der Waals surface area contributed by atoms with Crippen molar-refractivity contribution in [2.45, 2.75) is 76.3 Å². The first kappa shape index (κ1) is 29.7. The maximum Gasteiger partial charge on any atom is 0.416 e. The van der Waals surface area contributed by atoms with E-state index in [2.05, 4.69) is 23.5 Å². The van der Waals surface area contributed by atoms with Gasteiger partial charge in [-0.3, -0.25) is 9.69 Å². The van der Waals surface area contributed by atoms with Gasteiger partial charge in [-0.2, -0.15) is 26.3 Å². The molecule has 0 unspecified atom stereocenters. The number of likely N-dealkylation sites (tertiary alicyclic amines) is 1. The summed E-state index contributed by atoms with van der Waals surface area (Å²) < 4.78 is 85.3. The number of alkyl halides is 6. The Kier molecular flexibility index (Phi) is 8.34. The number of aryl methyl sites for hydroxylation is 1. The Labute approximate surface area is 236 Å². The number of piperidine rings is 1. The van der Waals surface area contributed by atoms with Gasteiger partial charge in [0.2, 0.25) is 0 Å². The first-order valence-electron chi connectivity index (χ1n) is 14.3. The van der Waals surface area contributed by atoms with E-state index >= 15 is 0 Å². The van der Waals surface area contributed by atoms with Gasteiger partial charge in [0.25, 0.3) is 0 Å². The number of carbonyl (C=O) groups excluding carboxylic acids is 1. The predicted molar refractivity (Wildman–Crippen MR) is 143 cm³/mol. The number of hydrogen-bond donors (Lipinski definition) is 1. The number of benzene rings is 2. The van der Waals surface area contributed by atoms with E-state index in [0.29, 0.717) is 43.1 Å². The molecule has 4 nitrogen and oxygen atoms in total. The van der Waals surface area contributed by atoms with Crippen LogP contribution in [0.5, 0.6) is 0 Å². The zero-order valence-electron chi connectivity index (χ0n) is 23.2. The van der Waals surface area contributed by atoms with E-state index in [-0.39, 0.29) is 36.0 Å². The van der Waals surface area contributed by atoms with Crippen LogP contribution in [0.4, 0.5) is 32.0 Å². The zero-order valence-corrected chi connectivity index (χ0v) is 23.2.